The first kappa shape index (κ1) is 23.8. The number of nitrogens with zero attached hydrogens (tertiary/aromatic N) is 1. The number of esters is 1. The number of carbonyl (C=O) groups is 1. The van der Waals surface area contributed by atoms with Crippen molar-refractivity contribution in [2.45, 2.75) is 53.1 Å². The van der Waals surface area contributed by atoms with Crippen molar-refractivity contribution in [3.05, 3.63) is 65.7 Å². The summed E-state index contributed by atoms with van der Waals surface area (Å²) in [7, 11) is 0. The fourth-order valence-electron chi connectivity index (χ4n) is 3.88. The Morgan fingerprint density at radius 2 is 1.75 bits per heavy atom. The molecule has 4 heteroatoms. The molecule has 0 radical (unpaired) electrons. The second-order valence-corrected chi connectivity index (χ2v) is 9.31. The molecule has 1 fully saturated rings. The molecule has 0 unspecified atom stereocenters. The van der Waals surface area contributed by atoms with E-state index in [0.717, 1.165) is 29.8 Å². The molecule has 1 saturated heterocycles. The van der Waals surface area contributed by atoms with Gasteiger partial charge in [0.05, 0.1) is 18.6 Å². The zero-order valence-corrected chi connectivity index (χ0v) is 19.9. The highest BCUT2D eigenvalue weighted by Gasteiger charge is 2.19. The highest BCUT2D eigenvalue weighted by atomic mass is 16.5. The van der Waals surface area contributed by atoms with Gasteiger partial charge in [0.1, 0.15) is 0 Å². The van der Waals surface area contributed by atoms with Gasteiger partial charge in [0.2, 0.25) is 0 Å². The van der Waals surface area contributed by atoms with Crippen LogP contribution in [-0.2, 0) is 16.0 Å². The van der Waals surface area contributed by atoms with Gasteiger partial charge in [-0.05, 0) is 86.2 Å². The van der Waals surface area contributed by atoms with Crippen LogP contribution in [0, 0.1) is 6.92 Å². The van der Waals surface area contributed by atoms with Crippen LogP contribution in [0.5, 0.6) is 0 Å². The third-order valence-corrected chi connectivity index (χ3v) is 5.36. The van der Waals surface area contributed by atoms with Gasteiger partial charge in [0.25, 0.3) is 0 Å². The smallest absolute Gasteiger partial charge is 0.310 e. The van der Waals surface area contributed by atoms with Crippen molar-refractivity contribution in [1.29, 1.82) is 0 Å². The Bertz CT molecular complexity index is 1070. The molecule has 4 nitrogen and oxygen atoms in total. The van der Waals surface area contributed by atoms with Gasteiger partial charge < -0.3 is 14.7 Å². The van der Waals surface area contributed by atoms with Gasteiger partial charge in [-0.1, -0.05) is 42.5 Å². The summed E-state index contributed by atoms with van der Waals surface area (Å²) in [6.45, 7) is 11.8. The molecule has 4 rings (SSSR count). The predicted molar refractivity (Wildman–Crippen MR) is 133 cm³/mol. The molecular formula is C28H35NO3. The summed E-state index contributed by atoms with van der Waals surface area (Å²) in [5.41, 5.74) is 5.27. The van der Waals surface area contributed by atoms with Gasteiger partial charge in [-0.3, -0.25) is 4.79 Å². The van der Waals surface area contributed by atoms with Crippen LogP contribution in [0.15, 0.2) is 54.6 Å². The van der Waals surface area contributed by atoms with E-state index in [2.05, 4.69) is 66.4 Å². The summed E-state index contributed by atoms with van der Waals surface area (Å²) >= 11 is 0. The normalized spacial score (nSPS) is 13.2. The third kappa shape index (κ3) is 6.10. The van der Waals surface area contributed by atoms with Crippen LogP contribution >= 0.6 is 0 Å². The fraction of sp³-hybridized carbons (Fsp3) is 0.393. The molecule has 0 saturated carbocycles. The monoisotopic (exact) mass is 433 g/mol. The molecule has 170 valence electrons. The Kier molecular flexibility index (Phi) is 7.57. The van der Waals surface area contributed by atoms with E-state index < -0.39 is 5.60 Å². The number of ether oxygens (including phenoxy) is 1. The number of benzene rings is 3. The summed E-state index contributed by atoms with van der Waals surface area (Å²) in [5.74, 6) is -0.170. The standard InChI is InChI=1S/C24H25NO2.C4H10O/c1-3-27-23(26)16-22-17(2)14-18-8-4-5-11-21(18)24(22)19-9-6-10-20(15-19)25-12-7-13-25;1-4(2,3)5/h4-6,8-11,14-15H,3,7,12-13,16H2,1-2H3;5H,1-3H3. The van der Waals surface area contributed by atoms with Gasteiger partial charge in [-0.15, -0.1) is 0 Å². The first-order valence-corrected chi connectivity index (χ1v) is 11.4. The largest absolute Gasteiger partial charge is 0.466 e. The molecule has 0 aliphatic carbocycles. The van der Waals surface area contributed by atoms with Crippen molar-refractivity contribution in [1.82, 2.24) is 0 Å². The second-order valence-electron chi connectivity index (χ2n) is 9.31. The van der Waals surface area contributed by atoms with E-state index in [0.29, 0.717) is 13.0 Å². The zero-order valence-electron chi connectivity index (χ0n) is 19.9. The van der Waals surface area contributed by atoms with Gasteiger partial charge in [-0.25, -0.2) is 0 Å². The fourth-order valence-corrected chi connectivity index (χ4v) is 3.88. The van der Waals surface area contributed by atoms with E-state index in [4.69, 9.17) is 9.84 Å². The molecule has 1 aliphatic heterocycles. The maximum Gasteiger partial charge on any atom is 0.310 e. The predicted octanol–water partition coefficient (Wildman–Crippen LogP) is 5.91. The molecule has 0 atom stereocenters. The number of anilines is 1. The Hall–Kier alpha value is -2.85. The molecule has 3 aromatic rings. The molecule has 1 aliphatic rings. The van der Waals surface area contributed by atoms with Crippen molar-refractivity contribution >= 4 is 22.4 Å². The summed E-state index contributed by atoms with van der Waals surface area (Å²) < 4.78 is 5.25. The average Bonchev–Trinajstić information content (AvgIpc) is 2.66. The lowest BCUT2D eigenvalue weighted by molar-refractivity contribution is -0.142. The number of hydrogen-bond donors (Lipinski definition) is 1. The van der Waals surface area contributed by atoms with E-state index in [-0.39, 0.29) is 5.97 Å². The Morgan fingerprint density at radius 1 is 1.06 bits per heavy atom. The number of fused-ring (bicyclic) bond motifs is 1. The van der Waals surface area contributed by atoms with E-state index in [1.165, 1.54) is 28.4 Å². The molecule has 0 amide bonds. The van der Waals surface area contributed by atoms with Crippen molar-refractivity contribution in [3.63, 3.8) is 0 Å². The molecule has 32 heavy (non-hydrogen) atoms. The second kappa shape index (κ2) is 10.2. The molecule has 3 aromatic carbocycles. The third-order valence-electron chi connectivity index (χ3n) is 5.36. The Morgan fingerprint density at radius 3 is 2.38 bits per heavy atom. The lowest BCUT2D eigenvalue weighted by atomic mass is 9.88. The summed E-state index contributed by atoms with van der Waals surface area (Å²) in [4.78, 5) is 14.7. The topological polar surface area (TPSA) is 49.8 Å². The number of hydrogen-bond acceptors (Lipinski definition) is 4. The van der Waals surface area contributed by atoms with Gasteiger partial charge >= 0.3 is 5.97 Å². The molecule has 1 N–H and O–H groups in total. The van der Waals surface area contributed by atoms with E-state index in [9.17, 15) is 4.79 Å². The van der Waals surface area contributed by atoms with Crippen molar-refractivity contribution in [2.75, 3.05) is 24.6 Å². The number of rotatable bonds is 5. The number of carbonyl (C=O) groups excluding carboxylic acids is 1. The van der Waals surface area contributed by atoms with E-state index in [1.807, 2.05) is 6.92 Å². The van der Waals surface area contributed by atoms with Gasteiger partial charge in [0, 0.05) is 18.8 Å². The van der Waals surface area contributed by atoms with Crippen LogP contribution in [0.25, 0.3) is 21.9 Å². The maximum atomic E-state index is 12.3. The van der Waals surface area contributed by atoms with Gasteiger partial charge in [-0.2, -0.15) is 0 Å². The minimum atomic E-state index is -0.500. The Labute approximate surface area is 191 Å². The highest BCUT2D eigenvalue weighted by molar-refractivity contribution is 6.00. The van der Waals surface area contributed by atoms with Crippen LogP contribution in [0.4, 0.5) is 5.69 Å². The van der Waals surface area contributed by atoms with E-state index in [1.54, 1.807) is 20.8 Å². The molecule has 0 aromatic heterocycles. The highest BCUT2D eigenvalue weighted by Crippen LogP contribution is 2.37. The molecule has 0 bridgehead atoms. The summed E-state index contributed by atoms with van der Waals surface area (Å²) in [5, 5.41) is 10.9. The first-order chi connectivity index (χ1) is 15.2. The molecule has 0 spiro atoms. The lowest BCUT2D eigenvalue weighted by Gasteiger charge is -2.33. The minimum absolute atomic E-state index is 0.170. The van der Waals surface area contributed by atoms with Crippen LogP contribution in [0.2, 0.25) is 0 Å². The molecule has 1 heterocycles. The zero-order chi connectivity index (χ0) is 23.3. The average molecular weight is 434 g/mol. The Balaban J connectivity index is 0.000000523. The number of aliphatic hydroxyl groups is 1. The van der Waals surface area contributed by atoms with Gasteiger partial charge in [0.15, 0.2) is 0 Å². The van der Waals surface area contributed by atoms with Crippen LogP contribution in [-0.4, -0.2) is 36.4 Å². The van der Waals surface area contributed by atoms with E-state index >= 15 is 0 Å². The first-order valence-electron chi connectivity index (χ1n) is 11.4. The SMILES string of the molecule is CC(C)(C)O.CCOC(=O)Cc1c(C)cc2ccccc2c1-c1cccc(N2CCC2)c1. The maximum absolute atomic E-state index is 12.3. The van der Waals surface area contributed by atoms with Crippen molar-refractivity contribution < 1.29 is 14.6 Å². The lowest BCUT2D eigenvalue weighted by Crippen LogP contribution is -2.36. The number of aryl methyl sites for hydroxylation is 1. The summed E-state index contributed by atoms with van der Waals surface area (Å²) in [6.07, 6.45) is 1.56. The van der Waals surface area contributed by atoms with Crippen molar-refractivity contribution in [3.8, 4) is 11.1 Å². The van der Waals surface area contributed by atoms with Crippen LogP contribution < -0.4 is 4.90 Å². The molecular weight excluding hydrogens is 398 g/mol. The summed E-state index contributed by atoms with van der Waals surface area (Å²) in [6, 6.07) is 19.3. The van der Waals surface area contributed by atoms with Crippen LogP contribution in [0.1, 0.15) is 45.2 Å². The van der Waals surface area contributed by atoms with Crippen LogP contribution in [0.3, 0.4) is 0 Å². The van der Waals surface area contributed by atoms with Crippen molar-refractivity contribution in [2.24, 2.45) is 0 Å². The minimum Gasteiger partial charge on any atom is -0.466 e. The quantitative estimate of drug-likeness (QED) is 0.508.